The second-order valence-corrected chi connectivity index (χ2v) is 6.36. The Balaban J connectivity index is 1.45. The molecule has 0 spiro atoms. The molecule has 0 unspecified atom stereocenters. The number of fused-ring (bicyclic) bond motifs is 1. The van der Waals surface area contributed by atoms with E-state index in [4.69, 9.17) is 0 Å². The lowest BCUT2D eigenvalue weighted by atomic mass is 10.2. The number of nitrogens with one attached hydrogen (secondary N) is 2. The van der Waals surface area contributed by atoms with Gasteiger partial charge in [0.2, 0.25) is 5.91 Å². The van der Waals surface area contributed by atoms with E-state index in [1.54, 1.807) is 5.38 Å². The van der Waals surface area contributed by atoms with Crippen LogP contribution >= 0.6 is 11.3 Å². The molecule has 25 heavy (non-hydrogen) atoms. The number of thiazole rings is 1. The van der Waals surface area contributed by atoms with E-state index in [0.29, 0.717) is 30.1 Å². The van der Waals surface area contributed by atoms with E-state index >= 15 is 0 Å². The Morgan fingerprint density at radius 2 is 2.12 bits per heavy atom. The summed E-state index contributed by atoms with van der Waals surface area (Å²) in [6.07, 6.45) is 1.87. The molecule has 1 amide bonds. The molecule has 0 aliphatic rings. The van der Waals surface area contributed by atoms with Crippen molar-refractivity contribution in [2.45, 2.75) is 25.7 Å². The van der Waals surface area contributed by atoms with Crippen LogP contribution in [0, 0.1) is 0 Å². The minimum Gasteiger partial charge on any atom is -0.469 e. The Hall–Kier alpha value is -2.74. The second-order valence-electron chi connectivity index (χ2n) is 5.50. The van der Waals surface area contributed by atoms with Crippen LogP contribution in [0.1, 0.15) is 24.4 Å². The van der Waals surface area contributed by atoms with Gasteiger partial charge in [-0.15, -0.1) is 11.3 Å². The van der Waals surface area contributed by atoms with Gasteiger partial charge in [-0.1, -0.05) is 12.1 Å². The number of ether oxygens (including phenoxy) is 1. The maximum atomic E-state index is 12.0. The van der Waals surface area contributed by atoms with E-state index in [9.17, 15) is 9.59 Å². The quantitative estimate of drug-likeness (QED) is 0.633. The molecule has 2 heterocycles. The van der Waals surface area contributed by atoms with Crippen molar-refractivity contribution in [3.63, 3.8) is 0 Å². The zero-order valence-electron chi connectivity index (χ0n) is 13.7. The Labute approximate surface area is 148 Å². The molecule has 0 fully saturated rings. The highest BCUT2D eigenvalue weighted by atomic mass is 32.1. The first-order valence-corrected chi connectivity index (χ1v) is 8.76. The maximum absolute atomic E-state index is 12.0. The summed E-state index contributed by atoms with van der Waals surface area (Å²) >= 11 is 1.29. The van der Waals surface area contributed by atoms with E-state index < -0.39 is 0 Å². The number of carbonyl (C=O) groups is 2. The SMILES string of the molecule is COC(=O)Cc1csc(NC(=O)CCCc2nc3ccccc3[nH]2)n1. The Morgan fingerprint density at radius 3 is 2.92 bits per heavy atom. The lowest BCUT2D eigenvalue weighted by molar-refractivity contribution is -0.139. The number of aromatic nitrogens is 3. The summed E-state index contributed by atoms with van der Waals surface area (Å²) in [6.45, 7) is 0. The predicted molar refractivity (Wildman–Crippen MR) is 95.5 cm³/mol. The zero-order valence-corrected chi connectivity index (χ0v) is 14.6. The summed E-state index contributed by atoms with van der Waals surface area (Å²) in [6, 6.07) is 7.84. The number of methoxy groups -OCH3 is 1. The topological polar surface area (TPSA) is 97.0 Å². The number of nitrogens with zero attached hydrogens (tertiary/aromatic N) is 2. The Bertz CT molecular complexity index is 854. The lowest BCUT2D eigenvalue weighted by Crippen LogP contribution is -2.12. The van der Waals surface area contributed by atoms with Crippen molar-refractivity contribution in [3.8, 4) is 0 Å². The van der Waals surface area contributed by atoms with Gasteiger partial charge in [-0.05, 0) is 18.6 Å². The third kappa shape index (κ3) is 4.63. The van der Waals surface area contributed by atoms with Crippen molar-refractivity contribution in [1.29, 1.82) is 0 Å². The van der Waals surface area contributed by atoms with E-state index in [2.05, 4.69) is 25.0 Å². The van der Waals surface area contributed by atoms with Crippen molar-refractivity contribution in [2.75, 3.05) is 12.4 Å². The van der Waals surface area contributed by atoms with Gasteiger partial charge in [-0.25, -0.2) is 9.97 Å². The van der Waals surface area contributed by atoms with Crippen LogP contribution in [0.2, 0.25) is 0 Å². The molecule has 0 aliphatic carbocycles. The van der Waals surface area contributed by atoms with Crippen LogP contribution in [0.15, 0.2) is 29.6 Å². The van der Waals surface area contributed by atoms with Crippen LogP contribution in [0.25, 0.3) is 11.0 Å². The molecule has 3 aromatic rings. The molecular weight excluding hydrogens is 340 g/mol. The average molecular weight is 358 g/mol. The molecule has 0 bridgehead atoms. The Kier molecular flexibility index (Phi) is 5.39. The van der Waals surface area contributed by atoms with Crippen molar-refractivity contribution in [2.24, 2.45) is 0 Å². The number of anilines is 1. The number of aryl methyl sites for hydroxylation is 1. The van der Waals surface area contributed by atoms with E-state index in [1.807, 2.05) is 24.3 Å². The summed E-state index contributed by atoms with van der Waals surface area (Å²) in [4.78, 5) is 35.1. The molecule has 0 radical (unpaired) electrons. The normalized spacial score (nSPS) is 10.8. The molecule has 0 saturated heterocycles. The average Bonchev–Trinajstić information content (AvgIpc) is 3.20. The molecule has 8 heteroatoms. The fourth-order valence-electron chi connectivity index (χ4n) is 2.39. The number of hydrogen-bond donors (Lipinski definition) is 2. The van der Waals surface area contributed by atoms with Gasteiger partial charge in [0.1, 0.15) is 5.82 Å². The standard InChI is InChI=1S/C17H18N4O3S/c1-24-16(23)9-11-10-25-17(18-11)21-15(22)8-4-7-14-19-12-5-2-3-6-13(12)20-14/h2-3,5-6,10H,4,7-9H2,1H3,(H,19,20)(H,18,21,22). The van der Waals surface area contributed by atoms with E-state index in [-0.39, 0.29) is 18.3 Å². The molecule has 2 aromatic heterocycles. The second kappa shape index (κ2) is 7.89. The van der Waals surface area contributed by atoms with Gasteiger partial charge in [-0.3, -0.25) is 9.59 Å². The van der Waals surface area contributed by atoms with Gasteiger partial charge in [0.25, 0.3) is 0 Å². The highest BCUT2D eigenvalue weighted by Crippen LogP contribution is 2.17. The van der Waals surface area contributed by atoms with Crippen LogP contribution in [-0.4, -0.2) is 33.9 Å². The molecular formula is C17H18N4O3S. The van der Waals surface area contributed by atoms with Crippen molar-refractivity contribution in [1.82, 2.24) is 15.0 Å². The molecule has 130 valence electrons. The van der Waals surface area contributed by atoms with E-state index in [1.165, 1.54) is 18.4 Å². The minimum atomic E-state index is -0.353. The lowest BCUT2D eigenvalue weighted by Gasteiger charge is -2.01. The highest BCUT2D eigenvalue weighted by Gasteiger charge is 2.10. The van der Waals surface area contributed by atoms with Gasteiger partial charge < -0.3 is 15.0 Å². The van der Waals surface area contributed by atoms with Crippen molar-refractivity contribution in [3.05, 3.63) is 41.2 Å². The van der Waals surface area contributed by atoms with Crippen molar-refractivity contribution < 1.29 is 14.3 Å². The van der Waals surface area contributed by atoms with Crippen LogP contribution in [0.5, 0.6) is 0 Å². The molecule has 3 rings (SSSR count). The summed E-state index contributed by atoms with van der Waals surface area (Å²) in [5, 5.41) is 4.98. The predicted octanol–water partition coefficient (Wildman–Crippen LogP) is 2.70. The molecule has 1 aromatic carbocycles. The maximum Gasteiger partial charge on any atom is 0.311 e. The highest BCUT2D eigenvalue weighted by molar-refractivity contribution is 7.13. The van der Waals surface area contributed by atoms with Crippen LogP contribution in [0.3, 0.4) is 0 Å². The zero-order chi connectivity index (χ0) is 17.6. The number of H-pyrrole nitrogens is 1. The summed E-state index contributed by atoms with van der Waals surface area (Å²) < 4.78 is 4.59. The molecule has 0 aliphatic heterocycles. The first-order chi connectivity index (χ1) is 12.1. The third-order valence-electron chi connectivity index (χ3n) is 3.61. The number of esters is 1. The van der Waals surface area contributed by atoms with Crippen LogP contribution in [0.4, 0.5) is 5.13 Å². The number of benzene rings is 1. The van der Waals surface area contributed by atoms with Crippen LogP contribution in [-0.2, 0) is 27.2 Å². The summed E-state index contributed by atoms with van der Waals surface area (Å²) in [5.41, 5.74) is 2.53. The largest absolute Gasteiger partial charge is 0.469 e. The smallest absolute Gasteiger partial charge is 0.311 e. The minimum absolute atomic E-state index is 0.102. The first-order valence-electron chi connectivity index (χ1n) is 7.89. The summed E-state index contributed by atoms with van der Waals surface area (Å²) in [5.74, 6) is 0.424. The monoisotopic (exact) mass is 358 g/mol. The number of carbonyl (C=O) groups excluding carboxylic acids is 2. The molecule has 2 N–H and O–H groups in total. The molecule has 0 saturated carbocycles. The molecule has 0 atom stereocenters. The first kappa shape index (κ1) is 17.1. The van der Waals surface area contributed by atoms with Gasteiger partial charge in [0.15, 0.2) is 5.13 Å². The molecule has 7 nitrogen and oxygen atoms in total. The van der Waals surface area contributed by atoms with E-state index in [0.717, 1.165) is 16.9 Å². The number of imidazole rings is 1. The van der Waals surface area contributed by atoms with Gasteiger partial charge in [0, 0.05) is 18.2 Å². The van der Waals surface area contributed by atoms with Gasteiger partial charge >= 0.3 is 5.97 Å². The number of amides is 1. The van der Waals surface area contributed by atoms with Crippen LogP contribution < -0.4 is 5.32 Å². The fraction of sp³-hybridized carbons (Fsp3) is 0.294. The van der Waals surface area contributed by atoms with Gasteiger partial charge in [-0.2, -0.15) is 0 Å². The summed E-state index contributed by atoms with van der Waals surface area (Å²) in [7, 11) is 1.33. The number of hydrogen-bond acceptors (Lipinski definition) is 6. The Morgan fingerprint density at radius 1 is 1.28 bits per heavy atom. The van der Waals surface area contributed by atoms with Gasteiger partial charge in [0.05, 0.1) is 30.3 Å². The number of para-hydroxylation sites is 2. The fourth-order valence-corrected chi connectivity index (χ4v) is 3.11. The number of rotatable bonds is 7. The third-order valence-corrected chi connectivity index (χ3v) is 4.41. The number of aromatic amines is 1. The van der Waals surface area contributed by atoms with Crippen molar-refractivity contribution >= 4 is 39.4 Å².